The van der Waals surface area contributed by atoms with Crippen molar-refractivity contribution >= 4 is 36.4 Å². The van der Waals surface area contributed by atoms with E-state index in [1.165, 1.54) is 13.0 Å². The monoisotopic (exact) mass is 362 g/mol. The number of benzene rings is 1. The van der Waals surface area contributed by atoms with Crippen LogP contribution in [0.25, 0.3) is 6.08 Å². The number of hydrogen-bond donors (Lipinski definition) is 1. The van der Waals surface area contributed by atoms with Gasteiger partial charge in [-0.3, -0.25) is 9.59 Å². The number of thioether (sulfide) groups is 1. The highest BCUT2D eigenvalue weighted by molar-refractivity contribution is 8.13. The van der Waals surface area contributed by atoms with Crippen molar-refractivity contribution in [2.45, 2.75) is 45.8 Å². The molecule has 0 aromatic heterocycles. The highest BCUT2D eigenvalue weighted by Gasteiger charge is 2.52. The molecule has 25 heavy (non-hydrogen) atoms. The van der Waals surface area contributed by atoms with Crippen LogP contribution in [0.2, 0.25) is 0 Å². The van der Waals surface area contributed by atoms with E-state index < -0.39 is 18.3 Å². The van der Waals surface area contributed by atoms with E-state index in [1.54, 1.807) is 18.2 Å². The van der Waals surface area contributed by atoms with E-state index in [1.807, 2.05) is 27.7 Å². The number of carbonyl (C=O) groups excluding carboxylic acids is 2. The van der Waals surface area contributed by atoms with Crippen LogP contribution in [-0.4, -0.2) is 40.6 Å². The Morgan fingerprint density at radius 2 is 1.84 bits per heavy atom. The van der Waals surface area contributed by atoms with Gasteiger partial charge in [-0.2, -0.15) is 0 Å². The Labute approximate surface area is 152 Å². The largest absolute Gasteiger partial charge is 0.507 e. The summed E-state index contributed by atoms with van der Waals surface area (Å²) in [4.78, 5) is 22.7. The number of phenolic OH excluding ortho intramolecular Hbond substituents is 1. The molecule has 1 N–H and O–H groups in total. The van der Waals surface area contributed by atoms with Crippen molar-refractivity contribution in [3.8, 4) is 5.75 Å². The van der Waals surface area contributed by atoms with Crippen LogP contribution in [0.15, 0.2) is 23.7 Å². The molecule has 0 saturated carbocycles. The van der Waals surface area contributed by atoms with Gasteiger partial charge < -0.3 is 14.4 Å². The van der Waals surface area contributed by atoms with E-state index >= 15 is 0 Å². The molecule has 1 aromatic carbocycles. The first-order valence-electron chi connectivity index (χ1n) is 8.04. The van der Waals surface area contributed by atoms with Gasteiger partial charge in [-0.25, -0.2) is 0 Å². The van der Waals surface area contributed by atoms with E-state index in [0.29, 0.717) is 28.6 Å². The SMILES string of the molecule is CC(=O)SCC(=Cc1c(O)cccc1C=O)B1OC(C)(C)C(C)(C)O1. The van der Waals surface area contributed by atoms with Gasteiger partial charge in [0, 0.05) is 23.8 Å². The van der Waals surface area contributed by atoms with E-state index in [2.05, 4.69) is 0 Å². The normalized spacial score (nSPS) is 19.1. The minimum atomic E-state index is -0.657. The summed E-state index contributed by atoms with van der Waals surface area (Å²) in [6.07, 6.45) is 2.36. The summed E-state index contributed by atoms with van der Waals surface area (Å²) in [6, 6.07) is 4.74. The Kier molecular flexibility index (Phi) is 5.81. The summed E-state index contributed by atoms with van der Waals surface area (Å²) < 4.78 is 12.1. The molecule has 1 aliphatic rings. The third-order valence-electron chi connectivity index (χ3n) is 4.57. The van der Waals surface area contributed by atoms with E-state index in [9.17, 15) is 14.7 Å². The maximum Gasteiger partial charge on any atom is 0.491 e. The summed E-state index contributed by atoms with van der Waals surface area (Å²) in [5, 5.41) is 10.1. The second kappa shape index (κ2) is 7.36. The second-order valence-corrected chi connectivity index (χ2v) is 8.14. The average molecular weight is 362 g/mol. The molecule has 5 nitrogen and oxygen atoms in total. The van der Waals surface area contributed by atoms with Crippen LogP contribution in [0, 0.1) is 0 Å². The molecule has 0 aliphatic carbocycles. The molecule has 0 radical (unpaired) electrons. The highest BCUT2D eigenvalue weighted by atomic mass is 32.2. The number of carbonyl (C=O) groups is 2. The Hall–Kier alpha value is -1.57. The number of aromatic hydroxyl groups is 1. The van der Waals surface area contributed by atoms with Gasteiger partial charge in [0.2, 0.25) is 0 Å². The molecule has 2 rings (SSSR count). The van der Waals surface area contributed by atoms with Crippen molar-refractivity contribution in [2.24, 2.45) is 0 Å². The molecule has 1 fully saturated rings. The van der Waals surface area contributed by atoms with Crippen molar-refractivity contribution in [1.29, 1.82) is 0 Å². The Balaban J connectivity index is 2.44. The molecule has 134 valence electrons. The lowest BCUT2D eigenvalue weighted by Gasteiger charge is -2.32. The van der Waals surface area contributed by atoms with Gasteiger partial charge in [0.1, 0.15) is 5.75 Å². The average Bonchev–Trinajstić information content (AvgIpc) is 2.72. The maximum absolute atomic E-state index is 11.4. The lowest BCUT2D eigenvalue weighted by Crippen LogP contribution is -2.41. The van der Waals surface area contributed by atoms with Crippen LogP contribution in [0.1, 0.15) is 50.5 Å². The first-order chi connectivity index (χ1) is 11.6. The van der Waals surface area contributed by atoms with E-state index in [4.69, 9.17) is 9.31 Å². The maximum atomic E-state index is 11.4. The van der Waals surface area contributed by atoms with Crippen molar-refractivity contribution in [3.63, 3.8) is 0 Å². The number of aldehydes is 1. The van der Waals surface area contributed by atoms with Crippen LogP contribution in [0.5, 0.6) is 5.75 Å². The molecular weight excluding hydrogens is 339 g/mol. The zero-order chi connectivity index (χ0) is 18.8. The van der Waals surface area contributed by atoms with Gasteiger partial charge in [0.25, 0.3) is 0 Å². The van der Waals surface area contributed by atoms with Gasteiger partial charge >= 0.3 is 7.12 Å². The molecule has 7 heteroatoms. The van der Waals surface area contributed by atoms with E-state index in [0.717, 1.165) is 11.8 Å². The van der Waals surface area contributed by atoms with Gasteiger partial charge in [0.05, 0.1) is 11.2 Å². The summed E-state index contributed by atoms with van der Waals surface area (Å²) in [6.45, 7) is 9.27. The topological polar surface area (TPSA) is 72.8 Å². The second-order valence-electron chi connectivity index (χ2n) is 6.99. The van der Waals surface area contributed by atoms with Gasteiger partial charge in [-0.05, 0) is 39.2 Å². The summed E-state index contributed by atoms with van der Waals surface area (Å²) >= 11 is 1.13. The summed E-state index contributed by atoms with van der Waals surface area (Å²) in [5.41, 5.74) is 0.393. The predicted molar refractivity (Wildman–Crippen MR) is 101 cm³/mol. The molecule has 0 spiro atoms. The van der Waals surface area contributed by atoms with Crippen LogP contribution in [-0.2, 0) is 14.1 Å². The van der Waals surface area contributed by atoms with Crippen molar-refractivity contribution < 1.29 is 24.0 Å². The van der Waals surface area contributed by atoms with Crippen molar-refractivity contribution in [3.05, 3.63) is 34.8 Å². The molecule has 1 aromatic rings. The lowest BCUT2D eigenvalue weighted by molar-refractivity contribution is -0.109. The van der Waals surface area contributed by atoms with Crippen molar-refractivity contribution in [1.82, 2.24) is 0 Å². The molecule has 0 atom stereocenters. The molecule has 1 saturated heterocycles. The predicted octanol–water partition coefficient (Wildman–Crippen LogP) is 3.50. The molecule has 0 amide bonds. The smallest absolute Gasteiger partial charge is 0.491 e. The molecular formula is C18H23BO5S. The molecule has 0 unspecified atom stereocenters. The number of rotatable bonds is 5. The van der Waals surface area contributed by atoms with Crippen LogP contribution in [0.3, 0.4) is 0 Å². The fourth-order valence-electron chi connectivity index (χ4n) is 2.37. The first-order valence-corrected chi connectivity index (χ1v) is 9.02. The standard InChI is InChI=1S/C18H23BO5S/c1-12(21)25-11-14(19-23-17(2,3)18(4,5)24-19)9-15-13(10-20)7-6-8-16(15)22/h6-10,22H,11H2,1-5H3. The Morgan fingerprint density at radius 3 is 2.36 bits per heavy atom. The molecule has 1 heterocycles. The Bertz CT molecular complexity index is 695. The van der Waals surface area contributed by atoms with Gasteiger partial charge in [-0.1, -0.05) is 30.0 Å². The van der Waals surface area contributed by atoms with E-state index in [-0.39, 0.29) is 10.9 Å². The first kappa shape index (κ1) is 19.8. The van der Waals surface area contributed by atoms with Crippen LogP contribution >= 0.6 is 11.8 Å². The zero-order valence-electron chi connectivity index (χ0n) is 15.2. The van der Waals surface area contributed by atoms with Crippen LogP contribution < -0.4 is 0 Å². The van der Waals surface area contributed by atoms with Gasteiger partial charge in [0.15, 0.2) is 11.4 Å². The fourth-order valence-corrected chi connectivity index (χ4v) is 2.96. The molecule has 0 bridgehead atoms. The summed E-state index contributed by atoms with van der Waals surface area (Å²) in [5.74, 6) is 0.338. The quantitative estimate of drug-likeness (QED) is 0.639. The molecule has 1 aliphatic heterocycles. The third-order valence-corrected chi connectivity index (χ3v) is 5.46. The Morgan fingerprint density at radius 1 is 1.24 bits per heavy atom. The number of hydrogen-bond acceptors (Lipinski definition) is 6. The third kappa shape index (κ3) is 4.34. The highest BCUT2D eigenvalue weighted by Crippen LogP contribution is 2.39. The van der Waals surface area contributed by atoms with Crippen LogP contribution in [0.4, 0.5) is 0 Å². The minimum Gasteiger partial charge on any atom is -0.507 e. The fraction of sp³-hybridized carbons (Fsp3) is 0.444. The summed E-state index contributed by atoms with van der Waals surface area (Å²) in [7, 11) is -0.657. The zero-order valence-corrected chi connectivity index (χ0v) is 16.0. The minimum absolute atomic E-state index is 0.00792. The lowest BCUT2D eigenvalue weighted by atomic mass is 9.78. The van der Waals surface area contributed by atoms with Gasteiger partial charge in [-0.15, -0.1) is 0 Å². The van der Waals surface area contributed by atoms with Crippen molar-refractivity contribution in [2.75, 3.05) is 5.75 Å². The number of phenols is 1.